The summed E-state index contributed by atoms with van der Waals surface area (Å²) in [5, 5.41) is 2.89. The van der Waals surface area contributed by atoms with Crippen molar-refractivity contribution in [3.63, 3.8) is 0 Å². The van der Waals surface area contributed by atoms with Gasteiger partial charge in [0.2, 0.25) is 0 Å². The molecule has 1 aliphatic rings. The number of ether oxygens (including phenoxy) is 3. The predicted molar refractivity (Wildman–Crippen MR) is 124 cm³/mol. The van der Waals surface area contributed by atoms with Crippen LogP contribution in [-0.4, -0.2) is 50.6 Å². The van der Waals surface area contributed by atoms with Crippen LogP contribution in [0.3, 0.4) is 0 Å². The third-order valence-corrected chi connectivity index (χ3v) is 4.92. The molecular formula is C25H25N3O4. The molecule has 1 heterocycles. The van der Waals surface area contributed by atoms with Crippen LogP contribution in [0.4, 0.5) is 11.4 Å². The van der Waals surface area contributed by atoms with E-state index < -0.39 is 0 Å². The number of carbonyl (C=O) groups is 1. The van der Waals surface area contributed by atoms with Crippen LogP contribution in [0.25, 0.3) is 0 Å². The zero-order chi connectivity index (χ0) is 22.3. The highest BCUT2D eigenvalue weighted by Gasteiger charge is 2.21. The van der Waals surface area contributed by atoms with E-state index in [9.17, 15) is 4.79 Å². The van der Waals surface area contributed by atoms with Gasteiger partial charge in [0.25, 0.3) is 5.91 Å². The topological polar surface area (TPSA) is 72.4 Å². The molecule has 3 aromatic carbocycles. The minimum absolute atomic E-state index is 0.0856. The molecule has 0 saturated carbocycles. The van der Waals surface area contributed by atoms with Crippen LogP contribution in [0.1, 0.15) is 5.56 Å². The molecule has 1 amide bonds. The van der Waals surface area contributed by atoms with Gasteiger partial charge >= 0.3 is 0 Å². The average molecular weight is 431 g/mol. The standard InChI is InChI=1S/C25H25N3O4/c1-28(14-15-30-2)25-20-16-18(26-24(29)17-31-19-8-4-3-5-9-19)12-13-22(20)32-23-11-7-6-10-21(23)27-25/h3-13,16H,14-15,17H2,1-2H3,(H,26,29). The minimum atomic E-state index is -0.252. The Morgan fingerprint density at radius 3 is 2.62 bits per heavy atom. The molecule has 1 aliphatic heterocycles. The van der Waals surface area contributed by atoms with Gasteiger partial charge in [0.05, 0.1) is 12.2 Å². The van der Waals surface area contributed by atoms with E-state index in [1.54, 1.807) is 13.2 Å². The highest BCUT2D eigenvalue weighted by Crippen LogP contribution is 2.38. The molecule has 0 aliphatic carbocycles. The molecule has 3 aromatic rings. The molecule has 4 rings (SSSR count). The van der Waals surface area contributed by atoms with Gasteiger partial charge in [0.15, 0.2) is 12.4 Å². The number of aliphatic imine (C=N–C) groups is 1. The smallest absolute Gasteiger partial charge is 0.262 e. The van der Waals surface area contributed by atoms with Crippen molar-refractivity contribution >= 4 is 23.1 Å². The Balaban J connectivity index is 1.57. The number of amidine groups is 1. The van der Waals surface area contributed by atoms with Gasteiger partial charge in [-0.3, -0.25) is 4.79 Å². The SMILES string of the molecule is COCCN(C)C1=Nc2ccccc2Oc2ccc(NC(=O)COc3ccccc3)cc21. The van der Waals surface area contributed by atoms with E-state index in [0.717, 1.165) is 17.1 Å². The highest BCUT2D eigenvalue weighted by atomic mass is 16.5. The normalized spacial score (nSPS) is 11.9. The van der Waals surface area contributed by atoms with Gasteiger partial charge in [-0.2, -0.15) is 0 Å². The molecular weight excluding hydrogens is 406 g/mol. The number of nitrogens with one attached hydrogen (secondary N) is 1. The zero-order valence-electron chi connectivity index (χ0n) is 18.1. The summed E-state index contributed by atoms with van der Waals surface area (Å²) in [5.74, 6) is 2.47. The van der Waals surface area contributed by atoms with Gasteiger partial charge in [-0.05, 0) is 42.5 Å². The van der Waals surface area contributed by atoms with Crippen LogP contribution >= 0.6 is 0 Å². The second kappa shape index (κ2) is 9.98. The van der Waals surface area contributed by atoms with Crippen molar-refractivity contribution < 1.29 is 19.0 Å². The number of fused-ring (bicyclic) bond motifs is 2. The summed E-state index contributed by atoms with van der Waals surface area (Å²) in [6.07, 6.45) is 0. The molecule has 0 radical (unpaired) electrons. The molecule has 32 heavy (non-hydrogen) atoms. The number of benzene rings is 3. The van der Waals surface area contributed by atoms with Gasteiger partial charge in [0.1, 0.15) is 23.0 Å². The summed E-state index contributed by atoms with van der Waals surface area (Å²) < 4.78 is 16.9. The number of nitrogens with zero attached hydrogens (tertiary/aromatic N) is 2. The van der Waals surface area contributed by atoms with Gasteiger partial charge in [0, 0.05) is 26.4 Å². The summed E-state index contributed by atoms with van der Waals surface area (Å²) >= 11 is 0. The Morgan fingerprint density at radius 2 is 1.81 bits per heavy atom. The molecule has 0 fully saturated rings. The second-order valence-corrected chi connectivity index (χ2v) is 7.28. The lowest BCUT2D eigenvalue weighted by molar-refractivity contribution is -0.118. The molecule has 7 heteroatoms. The number of anilines is 1. The molecule has 0 unspecified atom stereocenters. The van der Waals surface area contributed by atoms with Crippen LogP contribution in [-0.2, 0) is 9.53 Å². The van der Waals surface area contributed by atoms with Crippen LogP contribution in [0.2, 0.25) is 0 Å². The lowest BCUT2D eigenvalue weighted by atomic mass is 10.1. The summed E-state index contributed by atoms with van der Waals surface area (Å²) in [7, 11) is 3.62. The molecule has 0 atom stereocenters. The molecule has 0 saturated heterocycles. The fraction of sp³-hybridized carbons (Fsp3) is 0.200. The fourth-order valence-electron chi connectivity index (χ4n) is 3.29. The number of hydrogen-bond donors (Lipinski definition) is 1. The number of likely N-dealkylation sites (N-methyl/N-ethyl adjacent to an activating group) is 1. The van der Waals surface area contributed by atoms with E-state index >= 15 is 0 Å². The number of rotatable bonds is 7. The first-order chi connectivity index (χ1) is 15.6. The highest BCUT2D eigenvalue weighted by molar-refractivity contribution is 6.05. The Bertz CT molecular complexity index is 1120. The zero-order valence-corrected chi connectivity index (χ0v) is 18.1. The summed E-state index contributed by atoms with van der Waals surface area (Å²) in [4.78, 5) is 19.3. The van der Waals surface area contributed by atoms with E-state index in [4.69, 9.17) is 19.2 Å². The van der Waals surface area contributed by atoms with Crippen molar-refractivity contribution in [3.05, 3.63) is 78.4 Å². The molecule has 0 spiro atoms. The minimum Gasteiger partial charge on any atom is -0.484 e. The van der Waals surface area contributed by atoms with Crippen LogP contribution in [0, 0.1) is 0 Å². The molecule has 164 valence electrons. The quantitative estimate of drug-likeness (QED) is 0.598. The Hall–Kier alpha value is -3.84. The maximum atomic E-state index is 12.4. The Kier molecular flexibility index (Phi) is 6.67. The summed E-state index contributed by atoms with van der Waals surface area (Å²) in [6, 6.07) is 22.4. The lowest BCUT2D eigenvalue weighted by Crippen LogP contribution is -2.30. The number of amides is 1. The van der Waals surface area contributed by atoms with Crippen molar-refractivity contribution in [2.75, 3.05) is 39.2 Å². The number of carbonyl (C=O) groups excluding carboxylic acids is 1. The molecule has 0 aromatic heterocycles. The predicted octanol–water partition coefficient (Wildman–Crippen LogP) is 4.47. The first kappa shape index (κ1) is 21.4. The third-order valence-electron chi connectivity index (χ3n) is 4.92. The molecule has 7 nitrogen and oxygen atoms in total. The maximum absolute atomic E-state index is 12.4. The number of hydrogen-bond acceptors (Lipinski definition) is 6. The van der Waals surface area contributed by atoms with Crippen molar-refractivity contribution in [2.45, 2.75) is 0 Å². The van der Waals surface area contributed by atoms with E-state index in [1.807, 2.05) is 78.7 Å². The van der Waals surface area contributed by atoms with E-state index in [2.05, 4.69) is 5.32 Å². The first-order valence-corrected chi connectivity index (χ1v) is 10.3. The van der Waals surface area contributed by atoms with Gasteiger partial charge < -0.3 is 24.4 Å². The monoisotopic (exact) mass is 431 g/mol. The van der Waals surface area contributed by atoms with Crippen molar-refractivity contribution in [3.8, 4) is 17.2 Å². The largest absolute Gasteiger partial charge is 0.484 e. The Morgan fingerprint density at radius 1 is 1.03 bits per heavy atom. The van der Waals surface area contributed by atoms with Crippen molar-refractivity contribution in [1.82, 2.24) is 4.90 Å². The van der Waals surface area contributed by atoms with Crippen LogP contribution < -0.4 is 14.8 Å². The van der Waals surface area contributed by atoms with E-state index in [0.29, 0.717) is 36.1 Å². The number of methoxy groups -OCH3 is 1. The average Bonchev–Trinajstić information content (AvgIpc) is 2.98. The Labute approximate surface area is 187 Å². The second-order valence-electron chi connectivity index (χ2n) is 7.28. The molecule has 0 bridgehead atoms. The van der Waals surface area contributed by atoms with Crippen LogP contribution in [0.5, 0.6) is 17.2 Å². The molecule has 1 N–H and O–H groups in total. The van der Waals surface area contributed by atoms with Crippen molar-refractivity contribution in [2.24, 2.45) is 4.99 Å². The van der Waals surface area contributed by atoms with E-state index in [-0.39, 0.29) is 12.5 Å². The third kappa shape index (κ3) is 5.07. The van der Waals surface area contributed by atoms with Gasteiger partial charge in [-0.25, -0.2) is 4.99 Å². The number of para-hydroxylation sites is 3. The lowest BCUT2D eigenvalue weighted by Gasteiger charge is -2.22. The fourth-order valence-corrected chi connectivity index (χ4v) is 3.29. The summed E-state index contributed by atoms with van der Waals surface area (Å²) in [6.45, 7) is 1.12. The van der Waals surface area contributed by atoms with Gasteiger partial charge in [-0.1, -0.05) is 30.3 Å². The van der Waals surface area contributed by atoms with Gasteiger partial charge in [-0.15, -0.1) is 0 Å². The maximum Gasteiger partial charge on any atom is 0.262 e. The first-order valence-electron chi connectivity index (χ1n) is 10.3. The van der Waals surface area contributed by atoms with Crippen LogP contribution in [0.15, 0.2) is 77.8 Å². The van der Waals surface area contributed by atoms with E-state index in [1.165, 1.54) is 0 Å². The summed E-state index contributed by atoms with van der Waals surface area (Å²) in [5.41, 5.74) is 2.15. The van der Waals surface area contributed by atoms with Crippen molar-refractivity contribution in [1.29, 1.82) is 0 Å².